The smallest absolute Gasteiger partial charge is 0.249 e. The fraction of sp³-hybridized carbons (Fsp3) is 0.417. The Hall–Kier alpha value is -1.31. The van der Waals surface area contributed by atoms with Gasteiger partial charge in [0.05, 0.1) is 11.1 Å². The average Bonchev–Trinajstić information content (AvgIpc) is 2.43. The van der Waals surface area contributed by atoms with Crippen molar-refractivity contribution in [3.63, 3.8) is 0 Å². The standard InChI is InChI=1S/C11H15ClN4O2.CH4S/c1-15(6-4-13-5-7-16(17)18)9-10-2-3-11(12)14-8-10;1-2/h2-3,5,7-8,13H,4,6,9H2,1H3;2H,1H3. The number of hydrogen-bond acceptors (Lipinski definition) is 6. The van der Waals surface area contributed by atoms with Crippen LogP contribution in [0.1, 0.15) is 5.56 Å². The van der Waals surface area contributed by atoms with Crippen molar-refractivity contribution in [1.29, 1.82) is 0 Å². The molecule has 0 unspecified atom stereocenters. The van der Waals surface area contributed by atoms with E-state index in [1.54, 1.807) is 18.5 Å². The number of nitrogens with one attached hydrogen (secondary N) is 1. The zero-order valence-electron chi connectivity index (χ0n) is 11.5. The predicted molar refractivity (Wildman–Crippen MR) is 84.6 cm³/mol. The maximum absolute atomic E-state index is 10.0. The molecule has 0 fully saturated rings. The molecule has 0 saturated carbocycles. The van der Waals surface area contributed by atoms with E-state index < -0.39 is 4.92 Å². The Bertz CT molecular complexity index is 414. The molecule has 0 amide bonds. The fourth-order valence-electron chi connectivity index (χ4n) is 1.34. The quantitative estimate of drug-likeness (QED) is 0.265. The first-order valence-corrected chi connectivity index (χ1v) is 7.12. The summed E-state index contributed by atoms with van der Waals surface area (Å²) in [5.41, 5.74) is 1.07. The van der Waals surface area contributed by atoms with Gasteiger partial charge < -0.3 is 10.2 Å². The van der Waals surface area contributed by atoms with Gasteiger partial charge in [-0.25, -0.2) is 4.98 Å². The van der Waals surface area contributed by atoms with Crippen LogP contribution in [-0.4, -0.2) is 41.2 Å². The van der Waals surface area contributed by atoms with E-state index in [9.17, 15) is 10.1 Å². The van der Waals surface area contributed by atoms with Gasteiger partial charge in [-0.1, -0.05) is 17.7 Å². The van der Waals surface area contributed by atoms with Crippen molar-refractivity contribution >= 4 is 24.2 Å². The van der Waals surface area contributed by atoms with Crippen LogP contribution in [-0.2, 0) is 6.54 Å². The van der Waals surface area contributed by atoms with E-state index in [-0.39, 0.29) is 0 Å². The molecule has 0 aliphatic carbocycles. The minimum atomic E-state index is -0.504. The predicted octanol–water partition coefficient (Wildman–Crippen LogP) is 2.05. The van der Waals surface area contributed by atoms with Crippen molar-refractivity contribution in [1.82, 2.24) is 15.2 Å². The molecule has 20 heavy (non-hydrogen) atoms. The Morgan fingerprint density at radius 2 is 2.25 bits per heavy atom. The lowest BCUT2D eigenvalue weighted by Gasteiger charge is -2.16. The third-order valence-corrected chi connectivity index (χ3v) is 2.42. The zero-order chi connectivity index (χ0) is 15.4. The maximum Gasteiger partial charge on any atom is 0.249 e. The topological polar surface area (TPSA) is 71.3 Å². The summed E-state index contributed by atoms with van der Waals surface area (Å²) in [4.78, 5) is 15.6. The summed E-state index contributed by atoms with van der Waals surface area (Å²) < 4.78 is 0. The van der Waals surface area contributed by atoms with Crippen LogP contribution in [0.2, 0.25) is 5.15 Å². The molecule has 0 aliphatic heterocycles. The van der Waals surface area contributed by atoms with Gasteiger partial charge in [-0.15, -0.1) is 0 Å². The van der Waals surface area contributed by atoms with E-state index in [1.807, 2.05) is 13.1 Å². The van der Waals surface area contributed by atoms with Crippen LogP contribution in [0.15, 0.2) is 30.7 Å². The first-order chi connectivity index (χ1) is 9.58. The number of aromatic nitrogens is 1. The van der Waals surface area contributed by atoms with E-state index in [0.717, 1.165) is 24.9 Å². The molecule has 0 bridgehead atoms. The van der Waals surface area contributed by atoms with E-state index >= 15 is 0 Å². The summed E-state index contributed by atoms with van der Waals surface area (Å²) in [6.45, 7) is 2.16. The summed E-state index contributed by atoms with van der Waals surface area (Å²) in [5.74, 6) is 0. The van der Waals surface area contributed by atoms with Crippen molar-refractivity contribution in [2.45, 2.75) is 6.54 Å². The Morgan fingerprint density at radius 3 is 2.80 bits per heavy atom. The van der Waals surface area contributed by atoms with E-state index in [0.29, 0.717) is 11.7 Å². The molecule has 1 N–H and O–H groups in total. The number of thiol groups is 1. The van der Waals surface area contributed by atoms with Crippen molar-refractivity contribution in [3.05, 3.63) is 51.6 Å². The van der Waals surface area contributed by atoms with Crippen LogP contribution in [0.5, 0.6) is 0 Å². The SMILES string of the molecule is CN(CCNC=C[N+](=O)[O-])Cc1ccc(Cl)nc1.CS. The highest BCUT2D eigenvalue weighted by Gasteiger charge is 2.00. The van der Waals surface area contributed by atoms with Crippen molar-refractivity contribution < 1.29 is 4.92 Å². The minimum absolute atomic E-state index is 0.480. The van der Waals surface area contributed by atoms with E-state index in [2.05, 4.69) is 27.8 Å². The molecule has 0 aliphatic rings. The van der Waals surface area contributed by atoms with Crippen molar-refractivity contribution in [2.24, 2.45) is 0 Å². The molecular weight excluding hydrogens is 300 g/mol. The lowest BCUT2D eigenvalue weighted by molar-refractivity contribution is -0.402. The molecule has 1 heterocycles. The van der Waals surface area contributed by atoms with Gasteiger partial charge in [0.25, 0.3) is 0 Å². The number of halogens is 1. The van der Waals surface area contributed by atoms with Crippen molar-refractivity contribution in [2.75, 3.05) is 26.4 Å². The van der Waals surface area contributed by atoms with Crippen LogP contribution in [0.3, 0.4) is 0 Å². The molecular formula is C12H19ClN4O2S. The van der Waals surface area contributed by atoms with Crippen LogP contribution in [0.4, 0.5) is 0 Å². The normalized spacial score (nSPS) is 10.2. The molecule has 112 valence electrons. The molecule has 8 heteroatoms. The molecule has 1 aromatic rings. The van der Waals surface area contributed by atoms with Gasteiger partial charge in [0.2, 0.25) is 6.20 Å². The third kappa shape index (κ3) is 9.60. The van der Waals surface area contributed by atoms with Crippen LogP contribution in [0.25, 0.3) is 0 Å². The van der Waals surface area contributed by atoms with Gasteiger partial charge in [0.15, 0.2) is 0 Å². The average molecular weight is 319 g/mol. The minimum Gasteiger partial charge on any atom is -0.385 e. The largest absolute Gasteiger partial charge is 0.385 e. The van der Waals surface area contributed by atoms with Crippen molar-refractivity contribution in [3.8, 4) is 0 Å². The number of hydrogen-bond donors (Lipinski definition) is 2. The number of rotatable bonds is 7. The summed E-state index contributed by atoms with van der Waals surface area (Å²) in [5, 5.41) is 13.3. The number of nitro groups is 1. The molecule has 0 saturated heterocycles. The maximum atomic E-state index is 10.0. The monoisotopic (exact) mass is 318 g/mol. The first kappa shape index (κ1) is 18.7. The molecule has 0 spiro atoms. The van der Waals surface area contributed by atoms with Gasteiger partial charge in [0.1, 0.15) is 5.15 Å². The molecule has 6 nitrogen and oxygen atoms in total. The number of likely N-dealkylation sites (N-methyl/N-ethyl adjacent to an activating group) is 1. The molecule has 0 radical (unpaired) electrons. The van der Waals surface area contributed by atoms with Gasteiger partial charge in [0, 0.05) is 25.8 Å². The Kier molecular flexibility index (Phi) is 10.8. The zero-order valence-corrected chi connectivity index (χ0v) is 13.1. The lowest BCUT2D eigenvalue weighted by Crippen LogP contribution is -2.26. The Morgan fingerprint density at radius 1 is 1.55 bits per heavy atom. The van der Waals surface area contributed by atoms with Gasteiger partial charge in [-0.05, 0) is 24.9 Å². The fourth-order valence-corrected chi connectivity index (χ4v) is 1.45. The second kappa shape index (κ2) is 11.5. The summed E-state index contributed by atoms with van der Waals surface area (Å²) in [6, 6.07) is 3.68. The second-order valence-corrected chi connectivity index (χ2v) is 4.17. The summed E-state index contributed by atoms with van der Waals surface area (Å²) >= 11 is 9.22. The lowest BCUT2D eigenvalue weighted by atomic mass is 10.3. The summed E-state index contributed by atoms with van der Waals surface area (Å²) in [7, 11) is 1.97. The highest BCUT2D eigenvalue weighted by atomic mass is 35.5. The van der Waals surface area contributed by atoms with Gasteiger partial charge in [-0.3, -0.25) is 10.1 Å². The Labute approximate surface area is 129 Å². The molecule has 0 aromatic carbocycles. The van der Waals surface area contributed by atoms with Crippen LogP contribution < -0.4 is 5.32 Å². The molecule has 1 rings (SSSR count). The van der Waals surface area contributed by atoms with E-state index in [4.69, 9.17) is 11.6 Å². The highest BCUT2D eigenvalue weighted by molar-refractivity contribution is 7.79. The third-order valence-electron chi connectivity index (χ3n) is 2.19. The van der Waals surface area contributed by atoms with E-state index in [1.165, 1.54) is 6.20 Å². The number of nitrogens with zero attached hydrogens (tertiary/aromatic N) is 3. The van der Waals surface area contributed by atoms with Gasteiger partial charge >= 0.3 is 0 Å². The van der Waals surface area contributed by atoms with Crippen LogP contribution in [0, 0.1) is 10.1 Å². The number of pyridine rings is 1. The first-order valence-electron chi connectivity index (χ1n) is 5.85. The van der Waals surface area contributed by atoms with Crippen LogP contribution >= 0.6 is 24.2 Å². The second-order valence-electron chi connectivity index (χ2n) is 3.78. The summed E-state index contributed by atoms with van der Waals surface area (Å²) in [6.07, 6.45) is 5.64. The molecule has 1 aromatic heterocycles. The molecule has 0 atom stereocenters. The highest BCUT2D eigenvalue weighted by Crippen LogP contribution is 2.06. The van der Waals surface area contributed by atoms with Gasteiger partial charge in [-0.2, -0.15) is 12.6 Å². The Balaban J connectivity index is 0.00000172.